The van der Waals surface area contributed by atoms with E-state index in [0.717, 1.165) is 17.1 Å². The van der Waals surface area contributed by atoms with Gasteiger partial charge in [0.1, 0.15) is 0 Å². The maximum atomic E-state index is 12.2. The average molecular weight is 323 g/mol. The largest absolute Gasteiger partial charge is 0.480 e. The third-order valence-electron chi connectivity index (χ3n) is 3.74. The number of rotatable bonds is 4. The number of carbonyl (C=O) groups is 1. The summed E-state index contributed by atoms with van der Waals surface area (Å²) in [5.74, 6) is 0.0365. The minimum Gasteiger partial charge on any atom is -0.480 e. The van der Waals surface area contributed by atoms with Crippen LogP contribution in [0.15, 0.2) is 42.7 Å². The maximum absolute atomic E-state index is 12.2. The molecule has 2 aromatic heterocycles. The number of nitrogens with zero attached hydrogens (tertiary/aromatic N) is 4. The zero-order valence-electron chi connectivity index (χ0n) is 13.6. The van der Waals surface area contributed by atoms with E-state index in [9.17, 15) is 4.79 Å². The second-order valence-electron chi connectivity index (χ2n) is 5.25. The highest BCUT2D eigenvalue weighted by Gasteiger charge is 2.09. The molecule has 0 aliphatic carbocycles. The molecule has 0 radical (unpaired) electrons. The maximum Gasteiger partial charge on any atom is 0.276 e. The Morgan fingerprint density at radius 2 is 1.83 bits per heavy atom. The number of hydrogen-bond donors (Lipinski definition) is 1. The van der Waals surface area contributed by atoms with Crippen LogP contribution in [0.1, 0.15) is 21.9 Å². The number of anilines is 1. The molecular weight excluding hydrogens is 306 g/mol. The minimum absolute atomic E-state index is 0.223. The lowest BCUT2D eigenvalue weighted by atomic mass is 10.2. The number of ether oxygens (including phenoxy) is 1. The molecule has 2 heterocycles. The second kappa shape index (κ2) is 6.49. The summed E-state index contributed by atoms with van der Waals surface area (Å²) < 4.78 is 6.92. The summed E-state index contributed by atoms with van der Waals surface area (Å²) in [5, 5.41) is 10.4. The van der Waals surface area contributed by atoms with Crippen molar-refractivity contribution in [2.45, 2.75) is 13.8 Å². The molecule has 0 bridgehead atoms. The first-order chi connectivity index (χ1) is 11.6. The molecule has 0 fully saturated rings. The molecule has 0 spiro atoms. The van der Waals surface area contributed by atoms with Crippen molar-refractivity contribution in [1.29, 1.82) is 0 Å². The Balaban J connectivity index is 1.73. The summed E-state index contributed by atoms with van der Waals surface area (Å²) in [5.41, 5.74) is 3.96. The van der Waals surface area contributed by atoms with E-state index in [4.69, 9.17) is 4.74 Å². The number of carbonyl (C=O) groups excluding carboxylic acids is 1. The SMILES string of the molecule is COc1ccc(C(=O)Nc2ccc(-n3cnc(C)c3C)cc2)nn1. The summed E-state index contributed by atoms with van der Waals surface area (Å²) in [6.45, 7) is 3.98. The highest BCUT2D eigenvalue weighted by Crippen LogP contribution is 2.17. The number of imidazole rings is 1. The van der Waals surface area contributed by atoms with Gasteiger partial charge in [-0.25, -0.2) is 4.98 Å². The van der Waals surface area contributed by atoms with Crippen LogP contribution in [-0.4, -0.2) is 32.8 Å². The van der Waals surface area contributed by atoms with Crippen LogP contribution >= 0.6 is 0 Å². The standard InChI is InChI=1S/C17H17N5O2/c1-11-12(2)22(10-18-11)14-6-4-13(5-7-14)19-17(23)15-8-9-16(24-3)21-20-15/h4-10H,1-3H3,(H,19,23). The quantitative estimate of drug-likeness (QED) is 0.798. The Morgan fingerprint density at radius 1 is 1.08 bits per heavy atom. The molecule has 3 rings (SSSR count). The van der Waals surface area contributed by atoms with E-state index < -0.39 is 0 Å². The van der Waals surface area contributed by atoms with E-state index in [1.807, 2.05) is 42.7 Å². The lowest BCUT2D eigenvalue weighted by molar-refractivity contribution is 0.102. The van der Waals surface area contributed by atoms with E-state index in [1.54, 1.807) is 18.5 Å². The van der Waals surface area contributed by atoms with Gasteiger partial charge < -0.3 is 14.6 Å². The lowest BCUT2D eigenvalue weighted by Crippen LogP contribution is -2.14. The molecule has 0 saturated carbocycles. The Bertz CT molecular complexity index is 854. The molecule has 0 aliphatic heterocycles. The Labute approximate surface area is 139 Å². The molecule has 1 amide bonds. The van der Waals surface area contributed by atoms with Gasteiger partial charge in [-0.3, -0.25) is 4.79 Å². The van der Waals surface area contributed by atoms with Crippen molar-refractivity contribution in [2.75, 3.05) is 12.4 Å². The van der Waals surface area contributed by atoms with E-state index in [2.05, 4.69) is 20.5 Å². The number of aryl methyl sites for hydroxylation is 1. The fourth-order valence-electron chi connectivity index (χ4n) is 2.21. The molecule has 7 heteroatoms. The molecule has 1 N–H and O–H groups in total. The number of nitrogens with one attached hydrogen (secondary N) is 1. The zero-order chi connectivity index (χ0) is 17.1. The predicted octanol–water partition coefficient (Wildman–Crippen LogP) is 2.54. The summed E-state index contributed by atoms with van der Waals surface area (Å²) in [4.78, 5) is 16.4. The third kappa shape index (κ3) is 3.10. The van der Waals surface area contributed by atoms with Crippen LogP contribution in [-0.2, 0) is 0 Å². The first-order valence-electron chi connectivity index (χ1n) is 7.38. The van der Waals surface area contributed by atoms with Gasteiger partial charge in [0.2, 0.25) is 5.88 Å². The summed E-state index contributed by atoms with van der Waals surface area (Å²) in [6, 6.07) is 10.7. The van der Waals surface area contributed by atoms with Crippen LogP contribution in [0.5, 0.6) is 5.88 Å². The monoisotopic (exact) mass is 323 g/mol. The fourth-order valence-corrected chi connectivity index (χ4v) is 2.21. The van der Waals surface area contributed by atoms with Crippen LogP contribution in [0, 0.1) is 13.8 Å². The number of benzene rings is 1. The van der Waals surface area contributed by atoms with E-state index in [0.29, 0.717) is 11.6 Å². The number of aromatic nitrogens is 4. The minimum atomic E-state index is -0.326. The molecule has 0 unspecified atom stereocenters. The summed E-state index contributed by atoms with van der Waals surface area (Å²) in [6.07, 6.45) is 1.78. The van der Waals surface area contributed by atoms with Crippen molar-refractivity contribution in [3.63, 3.8) is 0 Å². The topological polar surface area (TPSA) is 81.9 Å². The molecular formula is C17H17N5O2. The van der Waals surface area contributed by atoms with Gasteiger partial charge in [0.15, 0.2) is 5.69 Å². The van der Waals surface area contributed by atoms with E-state index in [1.165, 1.54) is 7.11 Å². The average Bonchev–Trinajstić information content (AvgIpc) is 2.95. The summed E-state index contributed by atoms with van der Waals surface area (Å²) in [7, 11) is 1.49. The Hall–Kier alpha value is -3.22. The van der Waals surface area contributed by atoms with Gasteiger partial charge in [0, 0.05) is 23.1 Å². The molecule has 0 saturated heterocycles. The first kappa shape index (κ1) is 15.7. The fraction of sp³-hybridized carbons (Fsp3) is 0.176. The highest BCUT2D eigenvalue weighted by atomic mass is 16.5. The van der Waals surface area contributed by atoms with Crippen LogP contribution in [0.2, 0.25) is 0 Å². The number of amides is 1. The van der Waals surface area contributed by atoms with Crippen molar-refractivity contribution in [3.8, 4) is 11.6 Å². The number of hydrogen-bond acceptors (Lipinski definition) is 5. The van der Waals surface area contributed by atoms with Gasteiger partial charge in [-0.15, -0.1) is 10.2 Å². The van der Waals surface area contributed by atoms with Crippen molar-refractivity contribution >= 4 is 11.6 Å². The zero-order valence-corrected chi connectivity index (χ0v) is 13.6. The predicted molar refractivity (Wildman–Crippen MR) is 89.6 cm³/mol. The van der Waals surface area contributed by atoms with Crippen molar-refractivity contribution in [2.24, 2.45) is 0 Å². The van der Waals surface area contributed by atoms with Crippen molar-refractivity contribution in [1.82, 2.24) is 19.7 Å². The molecule has 7 nitrogen and oxygen atoms in total. The van der Waals surface area contributed by atoms with Gasteiger partial charge in [-0.2, -0.15) is 0 Å². The molecule has 122 valence electrons. The molecule has 0 aliphatic rings. The van der Waals surface area contributed by atoms with Crippen LogP contribution in [0.25, 0.3) is 5.69 Å². The van der Waals surface area contributed by atoms with Crippen molar-refractivity contribution < 1.29 is 9.53 Å². The smallest absolute Gasteiger partial charge is 0.276 e. The Kier molecular flexibility index (Phi) is 4.24. The van der Waals surface area contributed by atoms with Crippen LogP contribution < -0.4 is 10.1 Å². The third-order valence-corrected chi connectivity index (χ3v) is 3.74. The molecule has 1 aromatic carbocycles. The van der Waals surface area contributed by atoms with Gasteiger partial charge in [-0.05, 0) is 44.2 Å². The van der Waals surface area contributed by atoms with Crippen LogP contribution in [0.4, 0.5) is 5.69 Å². The van der Waals surface area contributed by atoms with E-state index >= 15 is 0 Å². The first-order valence-corrected chi connectivity index (χ1v) is 7.38. The lowest BCUT2D eigenvalue weighted by Gasteiger charge is -2.08. The summed E-state index contributed by atoms with van der Waals surface area (Å²) >= 11 is 0. The van der Waals surface area contributed by atoms with Gasteiger partial charge in [0.05, 0.1) is 19.1 Å². The molecule has 3 aromatic rings. The van der Waals surface area contributed by atoms with Crippen molar-refractivity contribution in [3.05, 3.63) is 59.8 Å². The number of methoxy groups -OCH3 is 1. The second-order valence-corrected chi connectivity index (χ2v) is 5.25. The van der Waals surface area contributed by atoms with Gasteiger partial charge >= 0.3 is 0 Å². The van der Waals surface area contributed by atoms with E-state index in [-0.39, 0.29) is 11.6 Å². The normalized spacial score (nSPS) is 10.5. The molecule has 24 heavy (non-hydrogen) atoms. The van der Waals surface area contributed by atoms with Gasteiger partial charge in [0.25, 0.3) is 5.91 Å². The highest BCUT2D eigenvalue weighted by molar-refractivity contribution is 6.02. The Morgan fingerprint density at radius 3 is 2.38 bits per heavy atom. The van der Waals surface area contributed by atoms with Crippen LogP contribution in [0.3, 0.4) is 0 Å². The van der Waals surface area contributed by atoms with Gasteiger partial charge in [-0.1, -0.05) is 0 Å². The molecule has 0 atom stereocenters.